The highest BCUT2D eigenvalue weighted by Crippen LogP contribution is 1.99. The van der Waals surface area contributed by atoms with Crippen LogP contribution in [0, 0.1) is 0 Å². The number of carbonyl (C=O) groups is 3. The highest BCUT2D eigenvalue weighted by molar-refractivity contribution is 5.90. The number of imide groups is 1. The van der Waals surface area contributed by atoms with Crippen LogP contribution in [0.2, 0.25) is 0 Å². The first-order valence-corrected chi connectivity index (χ1v) is 5.41. The van der Waals surface area contributed by atoms with E-state index in [1.165, 1.54) is 0 Å². The monoisotopic (exact) mass is 250 g/mol. The maximum atomic E-state index is 11.6. The Bertz CT molecular complexity index is 419. The van der Waals surface area contributed by atoms with E-state index in [0.717, 1.165) is 5.56 Å². The van der Waals surface area contributed by atoms with E-state index in [9.17, 15) is 14.4 Å². The molecule has 0 atom stereocenters. The van der Waals surface area contributed by atoms with Crippen molar-refractivity contribution in [2.75, 3.05) is 6.54 Å². The minimum Gasteiger partial charge on any atom is -0.465 e. The van der Waals surface area contributed by atoms with Crippen molar-refractivity contribution in [3.63, 3.8) is 0 Å². The lowest BCUT2D eigenvalue weighted by atomic mass is 10.2. The van der Waals surface area contributed by atoms with E-state index < -0.39 is 12.1 Å². The first-order chi connectivity index (χ1) is 8.65. The molecule has 0 saturated heterocycles. The fourth-order valence-electron chi connectivity index (χ4n) is 1.33. The van der Waals surface area contributed by atoms with Crippen LogP contribution in [0.15, 0.2) is 30.3 Å². The summed E-state index contributed by atoms with van der Waals surface area (Å²) in [4.78, 5) is 33.2. The van der Waals surface area contributed by atoms with E-state index in [4.69, 9.17) is 5.11 Å². The van der Waals surface area contributed by atoms with Crippen LogP contribution in [-0.4, -0.2) is 35.0 Å². The molecule has 3 amide bonds. The lowest BCUT2D eigenvalue weighted by Gasteiger charge is -2.16. The molecule has 0 bridgehead atoms. The molecule has 1 aromatic rings. The molecule has 6 heteroatoms. The Morgan fingerprint density at radius 2 is 1.94 bits per heavy atom. The van der Waals surface area contributed by atoms with Crippen molar-refractivity contribution in [3.05, 3.63) is 35.9 Å². The molecule has 18 heavy (non-hydrogen) atoms. The van der Waals surface area contributed by atoms with Gasteiger partial charge in [-0.15, -0.1) is 0 Å². The molecule has 0 aromatic heterocycles. The van der Waals surface area contributed by atoms with Gasteiger partial charge in [0.25, 0.3) is 0 Å². The highest BCUT2D eigenvalue weighted by atomic mass is 16.4. The molecular formula is C12H14N2O4. The summed E-state index contributed by atoms with van der Waals surface area (Å²) in [6, 6.07) is 8.39. The minimum atomic E-state index is -1.37. The van der Waals surface area contributed by atoms with Gasteiger partial charge in [-0.1, -0.05) is 30.3 Å². The summed E-state index contributed by atoms with van der Waals surface area (Å²) in [6.07, 6.45) is -0.812. The number of urea groups is 1. The fraction of sp³-hybridized carbons (Fsp3) is 0.250. The SMILES string of the molecule is O=CCCN(C(=O)O)C(=O)NCc1ccccc1. The maximum absolute atomic E-state index is 11.6. The van der Waals surface area contributed by atoms with E-state index in [2.05, 4.69) is 5.32 Å². The van der Waals surface area contributed by atoms with Gasteiger partial charge >= 0.3 is 12.1 Å². The van der Waals surface area contributed by atoms with Crippen molar-refractivity contribution in [3.8, 4) is 0 Å². The Morgan fingerprint density at radius 1 is 1.28 bits per heavy atom. The third kappa shape index (κ3) is 4.25. The third-order valence-electron chi connectivity index (χ3n) is 2.23. The largest absolute Gasteiger partial charge is 0.465 e. The van der Waals surface area contributed by atoms with Crippen LogP contribution in [0.3, 0.4) is 0 Å². The molecular weight excluding hydrogens is 236 g/mol. The Kier molecular flexibility index (Phi) is 5.37. The summed E-state index contributed by atoms with van der Waals surface area (Å²) < 4.78 is 0. The summed E-state index contributed by atoms with van der Waals surface area (Å²) in [5, 5.41) is 11.3. The van der Waals surface area contributed by atoms with Crippen LogP contribution in [0.5, 0.6) is 0 Å². The van der Waals surface area contributed by atoms with Crippen LogP contribution in [0.4, 0.5) is 9.59 Å². The smallest absolute Gasteiger partial charge is 0.415 e. The van der Waals surface area contributed by atoms with Crippen molar-refractivity contribution >= 4 is 18.4 Å². The molecule has 0 saturated carbocycles. The quantitative estimate of drug-likeness (QED) is 0.774. The van der Waals surface area contributed by atoms with Crippen molar-refractivity contribution in [2.45, 2.75) is 13.0 Å². The zero-order chi connectivity index (χ0) is 13.4. The number of rotatable bonds is 5. The highest BCUT2D eigenvalue weighted by Gasteiger charge is 2.19. The van der Waals surface area contributed by atoms with E-state index in [1.807, 2.05) is 30.3 Å². The number of carbonyl (C=O) groups excluding carboxylic acids is 2. The Hall–Kier alpha value is -2.37. The molecule has 96 valence electrons. The second-order valence-electron chi connectivity index (χ2n) is 3.53. The normalized spacial score (nSPS) is 9.56. The van der Waals surface area contributed by atoms with Crippen LogP contribution in [-0.2, 0) is 11.3 Å². The number of carboxylic acid groups (broad SMARTS) is 1. The molecule has 0 fully saturated rings. The zero-order valence-corrected chi connectivity index (χ0v) is 9.70. The summed E-state index contributed by atoms with van der Waals surface area (Å²) >= 11 is 0. The van der Waals surface area contributed by atoms with Crippen molar-refractivity contribution in [1.82, 2.24) is 10.2 Å². The van der Waals surface area contributed by atoms with Crippen molar-refractivity contribution in [2.24, 2.45) is 0 Å². The molecule has 0 unspecified atom stereocenters. The van der Waals surface area contributed by atoms with Crippen molar-refractivity contribution < 1.29 is 19.5 Å². The predicted molar refractivity (Wildman–Crippen MR) is 64.1 cm³/mol. The molecule has 1 aromatic carbocycles. The number of nitrogens with zero attached hydrogens (tertiary/aromatic N) is 1. The molecule has 0 aliphatic heterocycles. The first kappa shape index (κ1) is 13.7. The minimum absolute atomic E-state index is 0.00887. The second-order valence-corrected chi connectivity index (χ2v) is 3.53. The molecule has 0 heterocycles. The summed E-state index contributed by atoms with van der Waals surface area (Å²) in [5.74, 6) is 0. The fourth-order valence-corrected chi connectivity index (χ4v) is 1.33. The number of aldehydes is 1. The lowest BCUT2D eigenvalue weighted by molar-refractivity contribution is -0.107. The Morgan fingerprint density at radius 3 is 2.50 bits per heavy atom. The number of hydrogen-bond acceptors (Lipinski definition) is 3. The van der Waals surface area contributed by atoms with Gasteiger partial charge in [0.15, 0.2) is 0 Å². The maximum Gasteiger partial charge on any atom is 0.415 e. The van der Waals surface area contributed by atoms with Gasteiger partial charge in [-0.25, -0.2) is 14.5 Å². The first-order valence-electron chi connectivity index (χ1n) is 5.41. The third-order valence-corrected chi connectivity index (χ3v) is 2.23. The van der Waals surface area contributed by atoms with Gasteiger partial charge in [-0.05, 0) is 5.56 Å². The summed E-state index contributed by atoms with van der Waals surface area (Å²) in [6.45, 7) is 0.101. The van der Waals surface area contributed by atoms with Gasteiger partial charge in [-0.3, -0.25) is 0 Å². The van der Waals surface area contributed by atoms with E-state index in [-0.39, 0.29) is 19.5 Å². The second kappa shape index (κ2) is 7.05. The number of nitrogens with one attached hydrogen (secondary N) is 1. The van der Waals surface area contributed by atoms with Crippen LogP contribution >= 0.6 is 0 Å². The standard InChI is InChI=1S/C12H14N2O4/c15-8-4-7-14(12(17)18)11(16)13-9-10-5-2-1-3-6-10/h1-3,5-6,8H,4,7,9H2,(H,13,16)(H,17,18). The van der Waals surface area contributed by atoms with E-state index >= 15 is 0 Å². The van der Waals surface area contributed by atoms with E-state index in [1.54, 1.807) is 0 Å². The molecule has 0 spiro atoms. The van der Waals surface area contributed by atoms with Gasteiger partial charge in [0.05, 0.1) is 0 Å². The average molecular weight is 250 g/mol. The summed E-state index contributed by atoms with van der Waals surface area (Å²) in [5.41, 5.74) is 0.867. The molecule has 0 radical (unpaired) electrons. The van der Waals surface area contributed by atoms with Crippen molar-refractivity contribution in [1.29, 1.82) is 0 Å². The summed E-state index contributed by atoms with van der Waals surface area (Å²) in [7, 11) is 0. The van der Waals surface area contributed by atoms with Gasteiger partial charge in [-0.2, -0.15) is 0 Å². The molecule has 0 aliphatic carbocycles. The number of benzene rings is 1. The van der Waals surface area contributed by atoms with Gasteiger partial charge in [0.2, 0.25) is 0 Å². The van der Waals surface area contributed by atoms with Gasteiger partial charge in [0, 0.05) is 19.5 Å². The number of amides is 3. The molecule has 1 rings (SSSR count). The van der Waals surface area contributed by atoms with Gasteiger partial charge in [0.1, 0.15) is 6.29 Å². The predicted octanol–water partition coefficient (Wildman–Crippen LogP) is 1.47. The van der Waals surface area contributed by atoms with Crippen LogP contribution in [0.25, 0.3) is 0 Å². The zero-order valence-electron chi connectivity index (χ0n) is 9.70. The van der Waals surface area contributed by atoms with E-state index in [0.29, 0.717) is 11.2 Å². The molecule has 2 N–H and O–H groups in total. The molecule has 0 aliphatic rings. The van der Waals surface area contributed by atoms with Crippen LogP contribution < -0.4 is 5.32 Å². The number of hydrogen-bond donors (Lipinski definition) is 2. The molecule has 6 nitrogen and oxygen atoms in total. The Balaban J connectivity index is 2.51. The van der Waals surface area contributed by atoms with Gasteiger partial charge < -0.3 is 15.2 Å². The average Bonchev–Trinajstić information content (AvgIpc) is 2.37. The topological polar surface area (TPSA) is 86.7 Å². The van der Waals surface area contributed by atoms with Crippen LogP contribution in [0.1, 0.15) is 12.0 Å². The lowest BCUT2D eigenvalue weighted by Crippen LogP contribution is -2.43. The Labute approximate surface area is 104 Å².